The second-order valence-corrected chi connectivity index (χ2v) is 4.21. The molecule has 0 aliphatic rings. The monoisotopic (exact) mass is 232 g/mol. The number of hydrogen-bond donors (Lipinski definition) is 0. The Morgan fingerprint density at radius 3 is 1.47 bits per heavy atom. The summed E-state index contributed by atoms with van der Waals surface area (Å²) in [6, 6.07) is 0. The molecule has 0 aliphatic carbocycles. The van der Waals surface area contributed by atoms with Crippen LogP contribution in [0.15, 0.2) is 12.2 Å². The first-order chi connectivity index (χ1) is 7.33. The second-order valence-electron chi connectivity index (χ2n) is 3.83. The summed E-state index contributed by atoms with van der Waals surface area (Å²) in [5.74, 6) is 0.842. The molecule has 0 saturated carbocycles. The predicted molar refractivity (Wildman–Crippen MR) is 73.8 cm³/mol. The van der Waals surface area contributed by atoms with E-state index >= 15 is 0 Å². The maximum absolute atomic E-state index is 5.56. The molecule has 1 heteroatoms. The maximum atomic E-state index is 5.56. The lowest BCUT2D eigenvalue weighted by Gasteiger charge is -1.98. The topological polar surface area (TPSA) is 0 Å². The van der Waals surface area contributed by atoms with Gasteiger partial charge in [-0.1, -0.05) is 64.0 Å². The van der Waals surface area contributed by atoms with Crippen molar-refractivity contribution >= 4 is 11.6 Å². The Balaban J connectivity index is 0. The van der Waals surface area contributed by atoms with E-state index in [9.17, 15) is 0 Å². The smallest absolute Gasteiger partial charge is 0.0223 e. The van der Waals surface area contributed by atoms with Crippen LogP contribution in [0.2, 0.25) is 0 Å². The van der Waals surface area contributed by atoms with Gasteiger partial charge in [0, 0.05) is 5.88 Å². The molecule has 0 spiro atoms. The third-order valence-corrected chi connectivity index (χ3v) is 2.59. The summed E-state index contributed by atoms with van der Waals surface area (Å²) in [5.41, 5.74) is 0. The van der Waals surface area contributed by atoms with E-state index in [-0.39, 0.29) is 0 Å². The summed E-state index contributed by atoms with van der Waals surface area (Å²) in [6.45, 7) is 6.26. The van der Waals surface area contributed by atoms with Gasteiger partial charge in [0.25, 0.3) is 0 Å². The van der Waals surface area contributed by atoms with Gasteiger partial charge in [0.1, 0.15) is 0 Å². The van der Waals surface area contributed by atoms with Crippen LogP contribution in [-0.4, -0.2) is 5.88 Å². The Labute approximate surface area is 102 Å². The summed E-state index contributed by atoms with van der Waals surface area (Å²) in [7, 11) is 0. The van der Waals surface area contributed by atoms with E-state index in [1.54, 1.807) is 0 Å². The Hall–Kier alpha value is 0.0300. The Bertz CT molecular complexity index is 95.9. The fourth-order valence-electron chi connectivity index (χ4n) is 1.23. The van der Waals surface area contributed by atoms with E-state index in [4.69, 9.17) is 11.6 Å². The van der Waals surface area contributed by atoms with Gasteiger partial charge < -0.3 is 0 Å². The highest BCUT2D eigenvalue weighted by atomic mass is 35.5. The lowest BCUT2D eigenvalue weighted by atomic mass is 10.1. The summed E-state index contributed by atoms with van der Waals surface area (Å²) in [5, 5.41) is 0. The molecule has 0 aromatic carbocycles. The third-order valence-electron chi connectivity index (χ3n) is 2.32. The minimum atomic E-state index is 0.842. The number of alkyl halides is 1. The quantitative estimate of drug-likeness (QED) is 0.276. The van der Waals surface area contributed by atoms with Gasteiger partial charge in [-0.25, -0.2) is 0 Å². The molecule has 0 amide bonds. The van der Waals surface area contributed by atoms with Crippen LogP contribution in [-0.2, 0) is 0 Å². The molecule has 0 fully saturated rings. The first-order valence-electron chi connectivity index (χ1n) is 6.46. The van der Waals surface area contributed by atoms with Crippen molar-refractivity contribution in [2.45, 2.75) is 72.1 Å². The molecule has 0 saturated heterocycles. The van der Waals surface area contributed by atoms with Crippen LogP contribution in [0.3, 0.4) is 0 Å². The average Bonchev–Trinajstić information content (AvgIpc) is 2.28. The summed E-state index contributed by atoms with van der Waals surface area (Å²) in [6.07, 6.45) is 14.9. The summed E-state index contributed by atoms with van der Waals surface area (Å²) < 4.78 is 0. The van der Waals surface area contributed by atoms with Crippen molar-refractivity contribution in [1.82, 2.24) is 0 Å². The molecule has 0 N–H and O–H groups in total. The van der Waals surface area contributed by atoms with Crippen molar-refractivity contribution < 1.29 is 0 Å². The van der Waals surface area contributed by atoms with E-state index in [0.29, 0.717) is 0 Å². The fourth-order valence-corrected chi connectivity index (χ4v) is 1.42. The van der Waals surface area contributed by atoms with Crippen molar-refractivity contribution in [1.29, 1.82) is 0 Å². The molecule has 0 atom stereocenters. The van der Waals surface area contributed by atoms with Crippen LogP contribution in [0, 0.1) is 0 Å². The minimum absolute atomic E-state index is 0.842. The zero-order valence-corrected chi connectivity index (χ0v) is 11.7. The highest BCUT2D eigenvalue weighted by Gasteiger charge is 1.89. The number of allylic oxidation sites excluding steroid dienone is 2. The molecule has 0 radical (unpaired) electrons. The molecule has 0 aromatic rings. The van der Waals surface area contributed by atoms with Gasteiger partial charge in [-0.15, -0.1) is 11.6 Å². The van der Waals surface area contributed by atoms with Crippen molar-refractivity contribution in [3.8, 4) is 0 Å². The van der Waals surface area contributed by atoms with Crippen LogP contribution in [0.25, 0.3) is 0 Å². The lowest BCUT2D eigenvalue weighted by molar-refractivity contribution is 0.586. The summed E-state index contributed by atoms with van der Waals surface area (Å²) in [4.78, 5) is 0. The molecule has 0 rings (SSSR count). The largest absolute Gasteiger partial charge is 0.127 e. The molecule has 15 heavy (non-hydrogen) atoms. The van der Waals surface area contributed by atoms with Gasteiger partial charge in [-0.3, -0.25) is 0 Å². The van der Waals surface area contributed by atoms with Crippen molar-refractivity contribution in [3.05, 3.63) is 12.2 Å². The van der Waals surface area contributed by atoms with Crippen LogP contribution in [0.5, 0.6) is 0 Å². The van der Waals surface area contributed by atoms with Gasteiger partial charge in [0.05, 0.1) is 0 Å². The van der Waals surface area contributed by atoms with Gasteiger partial charge in [-0.05, 0) is 20.3 Å². The first-order valence-corrected chi connectivity index (χ1v) is 7.00. The van der Waals surface area contributed by atoms with Gasteiger partial charge in [0.2, 0.25) is 0 Å². The number of halogens is 1. The molecule has 0 bridgehead atoms. The van der Waals surface area contributed by atoms with Crippen LogP contribution in [0.1, 0.15) is 72.1 Å². The SMILES string of the molecule is CC=CC.CCCCCCCCCCCl. The van der Waals surface area contributed by atoms with Crippen molar-refractivity contribution in [3.63, 3.8) is 0 Å². The molecular weight excluding hydrogens is 204 g/mol. The number of rotatable bonds is 8. The van der Waals surface area contributed by atoms with E-state index < -0.39 is 0 Å². The molecular formula is C14H29Cl. The zero-order chi connectivity index (χ0) is 11.8. The van der Waals surface area contributed by atoms with Gasteiger partial charge >= 0.3 is 0 Å². The van der Waals surface area contributed by atoms with Crippen LogP contribution in [0.4, 0.5) is 0 Å². The van der Waals surface area contributed by atoms with Crippen LogP contribution < -0.4 is 0 Å². The highest BCUT2D eigenvalue weighted by Crippen LogP contribution is 2.08. The van der Waals surface area contributed by atoms with E-state index in [1.165, 1.54) is 51.4 Å². The molecule has 0 aliphatic heterocycles. The van der Waals surface area contributed by atoms with Gasteiger partial charge in [0.15, 0.2) is 0 Å². The minimum Gasteiger partial charge on any atom is -0.127 e. The van der Waals surface area contributed by atoms with Crippen molar-refractivity contribution in [2.24, 2.45) is 0 Å². The van der Waals surface area contributed by atoms with E-state index in [0.717, 1.165) is 5.88 Å². The lowest BCUT2D eigenvalue weighted by Crippen LogP contribution is -1.80. The number of hydrogen-bond acceptors (Lipinski definition) is 0. The highest BCUT2D eigenvalue weighted by molar-refractivity contribution is 6.17. The molecule has 0 aromatic heterocycles. The average molecular weight is 233 g/mol. The first kappa shape index (κ1) is 17.4. The van der Waals surface area contributed by atoms with E-state index in [1.807, 2.05) is 26.0 Å². The maximum Gasteiger partial charge on any atom is 0.0223 e. The van der Waals surface area contributed by atoms with Crippen LogP contribution >= 0.6 is 11.6 Å². The number of unbranched alkanes of at least 4 members (excludes halogenated alkanes) is 7. The van der Waals surface area contributed by atoms with Gasteiger partial charge in [-0.2, -0.15) is 0 Å². The molecule has 0 nitrogen and oxygen atoms in total. The zero-order valence-electron chi connectivity index (χ0n) is 10.9. The Morgan fingerprint density at radius 2 is 1.13 bits per heavy atom. The molecule has 92 valence electrons. The fraction of sp³-hybridized carbons (Fsp3) is 0.857. The molecule has 0 heterocycles. The predicted octanol–water partition coefficient (Wildman–Crippen LogP) is 5.95. The Morgan fingerprint density at radius 1 is 0.733 bits per heavy atom. The Kier molecular flexibility index (Phi) is 22.7. The normalized spacial score (nSPS) is 10.1. The van der Waals surface area contributed by atoms with Crippen molar-refractivity contribution in [2.75, 3.05) is 5.88 Å². The molecule has 0 unspecified atom stereocenters. The second kappa shape index (κ2) is 19.6. The van der Waals surface area contributed by atoms with E-state index in [2.05, 4.69) is 6.92 Å². The third kappa shape index (κ3) is 24.9. The standard InChI is InChI=1S/C10H21Cl.C4H8/c1-2-3-4-5-6-7-8-9-10-11;1-3-4-2/h2-10H2,1H3;3-4H,1-2H3. The summed E-state index contributed by atoms with van der Waals surface area (Å²) >= 11 is 5.56.